The number of anilines is 2. The van der Waals surface area contributed by atoms with Crippen molar-refractivity contribution < 1.29 is 8.42 Å². The van der Waals surface area contributed by atoms with Gasteiger partial charge in [-0.05, 0) is 42.7 Å². The van der Waals surface area contributed by atoms with Gasteiger partial charge in [0.2, 0.25) is 0 Å². The van der Waals surface area contributed by atoms with Crippen LogP contribution in [0.15, 0.2) is 65.7 Å². The Morgan fingerprint density at radius 3 is 2.30 bits per heavy atom. The van der Waals surface area contributed by atoms with E-state index in [1.165, 1.54) is 30.5 Å². The van der Waals surface area contributed by atoms with Gasteiger partial charge in [0.25, 0.3) is 10.0 Å². The first-order valence-corrected chi connectivity index (χ1v) is 12.7. The molecule has 0 aliphatic carbocycles. The van der Waals surface area contributed by atoms with Gasteiger partial charge in [-0.3, -0.25) is 4.72 Å². The third kappa shape index (κ3) is 4.90. The lowest BCUT2D eigenvalue weighted by Gasteiger charge is -2.38. The number of nitriles is 1. The second-order valence-electron chi connectivity index (χ2n) is 7.76. The largest absolute Gasteiger partial charge is 0.355 e. The van der Waals surface area contributed by atoms with E-state index in [9.17, 15) is 13.7 Å². The highest BCUT2D eigenvalue weighted by Gasteiger charge is 2.37. The van der Waals surface area contributed by atoms with E-state index in [-0.39, 0.29) is 15.6 Å². The van der Waals surface area contributed by atoms with E-state index in [1.807, 2.05) is 35.2 Å². The van der Waals surface area contributed by atoms with Crippen molar-refractivity contribution in [2.75, 3.05) is 22.7 Å². The molecule has 4 rings (SSSR count). The van der Waals surface area contributed by atoms with Gasteiger partial charge in [-0.25, -0.2) is 13.4 Å². The van der Waals surface area contributed by atoms with E-state index in [2.05, 4.69) is 15.8 Å². The van der Waals surface area contributed by atoms with Crippen LogP contribution in [0.2, 0.25) is 15.1 Å². The highest BCUT2D eigenvalue weighted by atomic mass is 35.5. The molecule has 0 amide bonds. The SMILES string of the molecule is N#CC1(c2ccccc2)CCN(c2ncc(NS(=O)(=O)c3ccc(Cl)cc3Cl)cc2Cl)CC1. The van der Waals surface area contributed by atoms with Crippen LogP contribution in [-0.2, 0) is 15.4 Å². The lowest BCUT2D eigenvalue weighted by atomic mass is 9.74. The van der Waals surface area contributed by atoms with Crippen molar-refractivity contribution in [2.24, 2.45) is 0 Å². The van der Waals surface area contributed by atoms with Crippen molar-refractivity contribution in [1.82, 2.24) is 4.98 Å². The molecule has 1 N–H and O–H groups in total. The second kappa shape index (κ2) is 9.40. The number of aromatic nitrogens is 1. The Morgan fingerprint density at radius 1 is 1.00 bits per heavy atom. The smallest absolute Gasteiger partial charge is 0.263 e. The van der Waals surface area contributed by atoms with Gasteiger partial charge in [0.15, 0.2) is 0 Å². The summed E-state index contributed by atoms with van der Waals surface area (Å²) >= 11 is 18.4. The van der Waals surface area contributed by atoms with E-state index in [4.69, 9.17) is 34.8 Å². The summed E-state index contributed by atoms with van der Waals surface area (Å²) in [5.41, 5.74) is 0.678. The van der Waals surface area contributed by atoms with Crippen LogP contribution < -0.4 is 9.62 Å². The van der Waals surface area contributed by atoms with E-state index in [0.717, 1.165) is 5.56 Å². The maximum absolute atomic E-state index is 12.7. The molecule has 0 spiro atoms. The van der Waals surface area contributed by atoms with Crippen LogP contribution in [0.1, 0.15) is 18.4 Å². The summed E-state index contributed by atoms with van der Waals surface area (Å²) < 4.78 is 27.9. The summed E-state index contributed by atoms with van der Waals surface area (Å²) in [5.74, 6) is 0.545. The molecule has 1 aromatic heterocycles. The fraction of sp³-hybridized carbons (Fsp3) is 0.217. The first kappa shape index (κ1) is 23.7. The quantitative estimate of drug-likeness (QED) is 0.451. The Balaban J connectivity index is 1.50. The molecule has 1 fully saturated rings. The van der Waals surface area contributed by atoms with Gasteiger partial charge >= 0.3 is 0 Å². The predicted molar refractivity (Wildman–Crippen MR) is 132 cm³/mol. The van der Waals surface area contributed by atoms with Crippen molar-refractivity contribution in [3.05, 3.63) is 81.4 Å². The molecule has 1 aliphatic heterocycles. The summed E-state index contributed by atoms with van der Waals surface area (Å²) in [6, 6.07) is 17.9. The minimum atomic E-state index is -3.95. The Bertz CT molecular complexity index is 1320. The summed E-state index contributed by atoms with van der Waals surface area (Å²) in [6.07, 6.45) is 2.68. The zero-order chi connectivity index (χ0) is 23.6. The predicted octanol–water partition coefficient (Wildman–Crippen LogP) is 5.90. The zero-order valence-electron chi connectivity index (χ0n) is 17.3. The van der Waals surface area contributed by atoms with Crippen LogP contribution in [0, 0.1) is 11.3 Å². The number of hydrogen-bond acceptors (Lipinski definition) is 5. The zero-order valence-corrected chi connectivity index (χ0v) is 20.4. The molecule has 10 heteroatoms. The van der Waals surface area contributed by atoms with Crippen LogP contribution in [0.3, 0.4) is 0 Å². The van der Waals surface area contributed by atoms with Crippen LogP contribution in [0.4, 0.5) is 11.5 Å². The van der Waals surface area contributed by atoms with Crippen molar-refractivity contribution in [3.8, 4) is 6.07 Å². The van der Waals surface area contributed by atoms with Gasteiger partial charge in [0.1, 0.15) is 10.7 Å². The van der Waals surface area contributed by atoms with Gasteiger partial charge in [0.05, 0.1) is 33.4 Å². The average Bonchev–Trinajstić information content (AvgIpc) is 2.79. The number of benzene rings is 2. The molecule has 6 nitrogen and oxygen atoms in total. The normalized spacial score (nSPS) is 15.6. The molecule has 0 bridgehead atoms. The fourth-order valence-corrected chi connectivity index (χ4v) is 6.04. The molecule has 0 unspecified atom stereocenters. The summed E-state index contributed by atoms with van der Waals surface area (Å²) in [4.78, 5) is 6.30. The third-order valence-corrected chi connectivity index (χ3v) is 8.09. The van der Waals surface area contributed by atoms with E-state index in [0.29, 0.717) is 41.8 Å². The first-order chi connectivity index (χ1) is 15.7. The van der Waals surface area contributed by atoms with Gasteiger partial charge < -0.3 is 4.90 Å². The Kier molecular flexibility index (Phi) is 6.73. The molecular weight excluding hydrogens is 503 g/mol. The molecule has 1 saturated heterocycles. The molecular formula is C23H19Cl3N4O2S. The van der Waals surface area contributed by atoms with Crippen LogP contribution in [0.5, 0.6) is 0 Å². The van der Waals surface area contributed by atoms with Crippen molar-refractivity contribution in [2.45, 2.75) is 23.2 Å². The highest BCUT2D eigenvalue weighted by Crippen LogP contribution is 2.38. The number of pyridine rings is 1. The number of nitrogens with zero attached hydrogens (tertiary/aromatic N) is 3. The van der Waals surface area contributed by atoms with Gasteiger partial charge in [-0.15, -0.1) is 0 Å². The first-order valence-electron chi connectivity index (χ1n) is 10.1. The highest BCUT2D eigenvalue weighted by molar-refractivity contribution is 7.92. The van der Waals surface area contributed by atoms with Crippen molar-refractivity contribution in [1.29, 1.82) is 5.26 Å². The average molecular weight is 522 g/mol. The molecule has 0 radical (unpaired) electrons. The van der Waals surface area contributed by atoms with Crippen molar-refractivity contribution >= 4 is 56.3 Å². The molecule has 33 heavy (non-hydrogen) atoms. The molecule has 2 heterocycles. The Hall–Kier alpha value is -2.50. The minimum Gasteiger partial charge on any atom is -0.355 e. The standard InChI is InChI=1S/C23H19Cl3N4O2S/c24-17-6-7-21(19(25)12-17)33(31,32)29-18-13-20(26)22(28-14-18)30-10-8-23(15-27,9-11-30)16-4-2-1-3-5-16/h1-7,12-14,29H,8-11H2. The molecule has 3 aromatic rings. The lowest BCUT2D eigenvalue weighted by Crippen LogP contribution is -2.42. The monoisotopic (exact) mass is 520 g/mol. The van der Waals surface area contributed by atoms with Crippen LogP contribution in [-0.4, -0.2) is 26.5 Å². The number of hydrogen-bond donors (Lipinski definition) is 1. The number of nitrogens with one attached hydrogen (secondary N) is 1. The number of rotatable bonds is 5. The molecule has 170 valence electrons. The van der Waals surface area contributed by atoms with Gasteiger partial charge in [-0.2, -0.15) is 5.26 Å². The number of halogens is 3. The summed E-state index contributed by atoms with van der Waals surface area (Å²) in [7, 11) is -3.95. The second-order valence-corrected chi connectivity index (χ2v) is 10.7. The van der Waals surface area contributed by atoms with Crippen LogP contribution in [0.25, 0.3) is 0 Å². The van der Waals surface area contributed by atoms with E-state index >= 15 is 0 Å². The topological polar surface area (TPSA) is 86.1 Å². The van der Waals surface area contributed by atoms with Crippen LogP contribution >= 0.6 is 34.8 Å². The van der Waals surface area contributed by atoms with E-state index < -0.39 is 15.4 Å². The van der Waals surface area contributed by atoms with Gasteiger partial charge in [-0.1, -0.05) is 65.1 Å². The number of piperidine rings is 1. The maximum atomic E-state index is 12.7. The molecule has 0 atom stereocenters. The lowest BCUT2D eigenvalue weighted by molar-refractivity contribution is 0.414. The minimum absolute atomic E-state index is 0.0124. The van der Waals surface area contributed by atoms with Crippen molar-refractivity contribution in [3.63, 3.8) is 0 Å². The Morgan fingerprint density at radius 2 is 1.70 bits per heavy atom. The molecule has 2 aromatic carbocycles. The van der Waals surface area contributed by atoms with E-state index in [1.54, 1.807) is 0 Å². The summed E-state index contributed by atoms with van der Waals surface area (Å²) in [6.45, 7) is 1.20. The summed E-state index contributed by atoms with van der Waals surface area (Å²) in [5, 5.41) is 10.5. The fourth-order valence-electron chi connectivity index (χ4n) is 3.94. The maximum Gasteiger partial charge on any atom is 0.263 e. The molecule has 1 aliphatic rings. The van der Waals surface area contributed by atoms with Gasteiger partial charge in [0, 0.05) is 18.1 Å². The Labute approximate surface area is 207 Å². The molecule has 0 saturated carbocycles. The number of sulfonamides is 1. The third-order valence-electron chi connectivity index (χ3n) is 5.71.